The standard InChI is InChI=1S/C18H18N4O2S/c1-22(18(25)19-14-8-4-3-5-9-14)12-16-20-17(21-24-16)13-7-6-10-15(11-13)23-2/h3-11H,12H2,1-2H3,(H,19,25). The van der Waals surface area contributed by atoms with Gasteiger partial charge in [0.1, 0.15) is 5.75 Å². The smallest absolute Gasteiger partial charge is 0.246 e. The summed E-state index contributed by atoms with van der Waals surface area (Å²) in [5.74, 6) is 1.75. The van der Waals surface area contributed by atoms with E-state index >= 15 is 0 Å². The summed E-state index contributed by atoms with van der Waals surface area (Å²) in [6.07, 6.45) is 0. The molecule has 3 aromatic rings. The third-order valence-corrected chi connectivity index (χ3v) is 3.95. The number of hydrogen-bond donors (Lipinski definition) is 1. The molecule has 0 saturated heterocycles. The van der Waals surface area contributed by atoms with E-state index in [1.54, 1.807) is 7.11 Å². The number of thiocarbonyl (C=S) groups is 1. The molecular weight excluding hydrogens is 336 g/mol. The van der Waals surface area contributed by atoms with Crippen LogP contribution in [0.4, 0.5) is 5.69 Å². The lowest BCUT2D eigenvalue weighted by atomic mass is 10.2. The van der Waals surface area contributed by atoms with Crippen LogP contribution in [-0.4, -0.2) is 34.3 Å². The second-order valence-corrected chi connectivity index (χ2v) is 5.78. The number of rotatable bonds is 5. The molecule has 6 nitrogen and oxygen atoms in total. The van der Waals surface area contributed by atoms with Crippen molar-refractivity contribution in [3.63, 3.8) is 0 Å². The van der Waals surface area contributed by atoms with Crippen LogP contribution in [0.15, 0.2) is 59.1 Å². The van der Waals surface area contributed by atoms with E-state index in [2.05, 4.69) is 15.5 Å². The van der Waals surface area contributed by atoms with Gasteiger partial charge in [-0.15, -0.1) is 0 Å². The van der Waals surface area contributed by atoms with E-state index in [9.17, 15) is 0 Å². The number of methoxy groups -OCH3 is 1. The Morgan fingerprint density at radius 2 is 2.00 bits per heavy atom. The van der Waals surface area contributed by atoms with Gasteiger partial charge >= 0.3 is 0 Å². The molecular formula is C18H18N4O2S. The van der Waals surface area contributed by atoms with Crippen molar-refractivity contribution in [3.8, 4) is 17.1 Å². The summed E-state index contributed by atoms with van der Waals surface area (Å²) in [5, 5.41) is 7.77. The van der Waals surface area contributed by atoms with Gasteiger partial charge in [0.05, 0.1) is 13.7 Å². The SMILES string of the molecule is COc1cccc(-c2noc(CN(C)C(=S)Nc3ccccc3)n2)c1. The van der Waals surface area contributed by atoms with Gasteiger partial charge in [0.2, 0.25) is 11.7 Å². The summed E-state index contributed by atoms with van der Waals surface area (Å²) < 4.78 is 10.5. The van der Waals surface area contributed by atoms with Crippen LogP contribution in [0.1, 0.15) is 5.89 Å². The van der Waals surface area contributed by atoms with Gasteiger partial charge in [0.15, 0.2) is 5.11 Å². The first-order chi connectivity index (χ1) is 12.2. The summed E-state index contributed by atoms with van der Waals surface area (Å²) in [5.41, 5.74) is 1.77. The molecule has 0 amide bonds. The summed E-state index contributed by atoms with van der Waals surface area (Å²) in [6, 6.07) is 17.3. The topological polar surface area (TPSA) is 63.4 Å². The van der Waals surface area contributed by atoms with Gasteiger partial charge in [-0.1, -0.05) is 35.5 Å². The van der Waals surface area contributed by atoms with E-state index in [4.69, 9.17) is 21.5 Å². The molecule has 0 radical (unpaired) electrons. The minimum Gasteiger partial charge on any atom is -0.497 e. The van der Waals surface area contributed by atoms with Crippen LogP contribution in [0, 0.1) is 0 Å². The second-order valence-electron chi connectivity index (χ2n) is 5.40. The van der Waals surface area contributed by atoms with Crippen molar-refractivity contribution in [2.24, 2.45) is 0 Å². The Bertz CT molecular complexity index is 851. The first-order valence-corrected chi connectivity index (χ1v) is 8.10. The molecule has 0 fully saturated rings. The molecule has 128 valence electrons. The van der Waals surface area contributed by atoms with E-state index in [0.717, 1.165) is 17.0 Å². The maximum absolute atomic E-state index is 5.40. The van der Waals surface area contributed by atoms with E-state index < -0.39 is 0 Å². The summed E-state index contributed by atoms with van der Waals surface area (Å²) >= 11 is 5.40. The van der Waals surface area contributed by atoms with Gasteiger partial charge in [-0.3, -0.25) is 0 Å². The lowest BCUT2D eigenvalue weighted by Gasteiger charge is -2.19. The molecule has 2 aromatic carbocycles. The Morgan fingerprint density at radius 1 is 1.20 bits per heavy atom. The third-order valence-electron chi connectivity index (χ3n) is 3.54. The molecule has 1 N–H and O–H groups in total. The van der Waals surface area contributed by atoms with Gasteiger partial charge in [0, 0.05) is 18.3 Å². The number of benzene rings is 2. The lowest BCUT2D eigenvalue weighted by Crippen LogP contribution is -2.30. The van der Waals surface area contributed by atoms with Crippen molar-refractivity contribution in [1.82, 2.24) is 15.0 Å². The maximum atomic E-state index is 5.40. The Kier molecular flexibility index (Phi) is 5.25. The van der Waals surface area contributed by atoms with Crippen molar-refractivity contribution < 1.29 is 9.26 Å². The monoisotopic (exact) mass is 354 g/mol. The van der Waals surface area contributed by atoms with Gasteiger partial charge < -0.3 is 19.5 Å². The first kappa shape index (κ1) is 16.9. The van der Waals surface area contributed by atoms with Gasteiger partial charge in [-0.25, -0.2) is 0 Å². The number of nitrogens with zero attached hydrogens (tertiary/aromatic N) is 3. The number of ether oxygens (including phenoxy) is 1. The average molecular weight is 354 g/mol. The highest BCUT2D eigenvalue weighted by molar-refractivity contribution is 7.80. The first-order valence-electron chi connectivity index (χ1n) is 7.70. The molecule has 1 heterocycles. The van der Waals surface area contributed by atoms with Crippen LogP contribution >= 0.6 is 12.2 Å². The minimum absolute atomic E-state index is 0.412. The fourth-order valence-corrected chi connectivity index (χ4v) is 2.40. The number of aromatic nitrogens is 2. The lowest BCUT2D eigenvalue weighted by molar-refractivity contribution is 0.336. The predicted molar refractivity (Wildman–Crippen MR) is 100 cm³/mol. The number of nitrogens with one attached hydrogen (secondary N) is 1. The zero-order chi connectivity index (χ0) is 17.6. The molecule has 0 unspecified atom stereocenters. The minimum atomic E-state index is 0.412. The Morgan fingerprint density at radius 3 is 2.76 bits per heavy atom. The Balaban J connectivity index is 1.65. The van der Waals surface area contributed by atoms with Crippen LogP contribution < -0.4 is 10.1 Å². The van der Waals surface area contributed by atoms with Crippen LogP contribution in [0.2, 0.25) is 0 Å². The highest BCUT2D eigenvalue weighted by Crippen LogP contribution is 2.21. The number of hydrogen-bond acceptors (Lipinski definition) is 5. The van der Waals surface area contributed by atoms with Gasteiger partial charge in [-0.05, 0) is 36.5 Å². The van der Waals surface area contributed by atoms with Crippen LogP contribution in [0.25, 0.3) is 11.4 Å². The van der Waals surface area contributed by atoms with E-state index in [1.165, 1.54) is 0 Å². The van der Waals surface area contributed by atoms with Crippen molar-refractivity contribution in [2.75, 3.05) is 19.5 Å². The summed E-state index contributed by atoms with van der Waals surface area (Å²) in [7, 11) is 3.49. The molecule has 0 aliphatic carbocycles. The van der Waals surface area contributed by atoms with Crippen LogP contribution in [-0.2, 0) is 6.54 Å². The van der Waals surface area contributed by atoms with E-state index in [1.807, 2.05) is 66.5 Å². The fraction of sp³-hybridized carbons (Fsp3) is 0.167. The van der Waals surface area contributed by atoms with Crippen LogP contribution in [0.3, 0.4) is 0 Å². The average Bonchev–Trinajstić information content (AvgIpc) is 3.11. The van der Waals surface area contributed by atoms with Gasteiger partial charge in [0.25, 0.3) is 0 Å². The van der Waals surface area contributed by atoms with Crippen molar-refractivity contribution in [3.05, 3.63) is 60.5 Å². The molecule has 25 heavy (non-hydrogen) atoms. The Labute approximate surface area is 151 Å². The Hall–Kier alpha value is -2.93. The fourth-order valence-electron chi connectivity index (χ4n) is 2.21. The van der Waals surface area contributed by atoms with Crippen LogP contribution in [0.5, 0.6) is 5.75 Å². The van der Waals surface area contributed by atoms with Crippen molar-refractivity contribution in [1.29, 1.82) is 0 Å². The zero-order valence-electron chi connectivity index (χ0n) is 14.0. The highest BCUT2D eigenvalue weighted by Gasteiger charge is 2.13. The molecule has 0 bridgehead atoms. The molecule has 0 saturated carbocycles. The molecule has 3 rings (SSSR count). The summed E-state index contributed by atoms with van der Waals surface area (Å²) in [6.45, 7) is 0.412. The van der Waals surface area contributed by atoms with Crippen molar-refractivity contribution >= 4 is 23.0 Å². The van der Waals surface area contributed by atoms with Crippen molar-refractivity contribution in [2.45, 2.75) is 6.54 Å². The molecule has 0 aliphatic rings. The largest absolute Gasteiger partial charge is 0.497 e. The quantitative estimate of drug-likeness (QED) is 0.703. The summed E-state index contributed by atoms with van der Waals surface area (Å²) in [4.78, 5) is 6.26. The predicted octanol–water partition coefficient (Wildman–Crippen LogP) is 3.57. The third kappa shape index (κ3) is 4.33. The molecule has 0 aliphatic heterocycles. The van der Waals surface area contributed by atoms with E-state index in [0.29, 0.717) is 23.4 Å². The maximum Gasteiger partial charge on any atom is 0.246 e. The molecule has 1 aromatic heterocycles. The van der Waals surface area contributed by atoms with E-state index in [-0.39, 0.29) is 0 Å². The number of anilines is 1. The molecule has 7 heteroatoms. The normalized spacial score (nSPS) is 10.3. The second kappa shape index (κ2) is 7.76. The molecule has 0 spiro atoms. The highest BCUT2D eigenvalue weighted by atomic mass is 32.1. The number of para-hydroxylation sites is 1. The molecule has 0 atom stereocenters. The zero-order valence-corrected chi connectivity index (χ0v) is 14.8. The van der Waals surface area contributed by atoms with Gasteiger partial charge in [-0.2, -0.15) is 4.98 Å².